The zero-order valence-corrected chi connectivity index (χ0v) is 18.9. The van der Waals surface area contributed by atoms with E-state index in [0.29, 0.717) is 34.6 Å². The number of terminal acetylenes is 1. The van der Waals surface area contributed by atoms with Crippen molar-refractivity contribution in [3.05, 3.63) is 83.4 Å². The second-order valence-electron chi connectivity index (χ2n) is 7.62. The lowest BCUT2D eigenvalue weighted by Crippen LogP contribution is -2.30. The summed E-state index contributed by atoms with van der Waals surface area (Å²) in [6.07, 6.45) is -0.0838. The maximum atomic E-state index is 12.7. The number of carbonyl (C=O) groups excluding carboxylic acids is 1. The Balaban J connectivity index is 1.56. The molecule has 1 unspecified atom stereocenters. The number of hydrogen-bond donors (Lipinski definition) is 2. The van der Waals surface area contributed by atoms with Crippen molar-refractivity contribution in [1.29, 1.82) is 0 Å². The normalized spacial score (nSPS) is 11.9. The van der Waals surface area contributed by atoms with Crippen molar-refractivity contribution in [2.45, 2.75) is 18.7 Å². The molecule has 0 aliphatic carbocycles. The summed E-state index contributed by atoms with van der Waals surface area (Å²) in [6, 6.07) is 16.6. The molecule has 3 aromatic rings. The zero-order valence-electron chi connectivity index (χ0n) is 18.9. The molecule has 35 heavy (non-hydrogen) atoms. The number of nitrogens with one attached hydrogen (secondary N) is 1. The van der Waals surface area contributed by atoms with Crippen LogP contribution in [0, 0.1) is 12.3 Å². The Labute approximate surface area is 201 Å². The van der Waals surface area contributed by atoms with Crippen LogP contribution in [0.5, 0.6) is 11.5 Å². The van der Waals surface area contributed by atoms with Gasteiger partial charge in [0, 0.05) is 6.54 Å². The molecule has 8 heteroatoms. The van der Waals surface area contributed by atoms with Crippen molar-refractivity contribution in [2.75, 3.05) is 20.3 Å². The third-order valence-corrected chi connectivity index (χ3v) is 5.27. The van der Waals surface area contributed by atoms with Gasteiger partial charge in [0.2, 0.25) is 0 Å². The van der Waals surface area contributed by atoms with Gasteiger partial charge in [-0.3, -0.25) is 4.79 Å². The number of amides is 1. The molecule has 0 saturated heterocycles. The molecule has 1 atom stereocenters. The van der Waals surface area contributed by atoms with Gasteiger partial charge < -0.3 is 19.9 Å². The van der Waals surface area contributed by atoms with Crippen LogP contribution in [0.25, 0.3) is 11.1 Å². The topological polar surface area (TPSA) is 67.8 Å². The van der Waals surface area contributed by atoms with Gasteiger partial charge in [-0.2, -0.15) is 13.2 Å². The first-order valence-corrected chi connectivity index (χ1v) is 10.7. The summed E-state index contributed by atoms with van der Waals surface area (Å²) >= 11 is 0. The summed E-state index contributed by atoms with van der Waals surface area (Å²) in [5, 5.41) is 13.1. The van der Waals surface area contributed by atoms with Crippen LogP contribution < -0.4 is 14.8 Å². The average Bonchev–Trinajstić information content (AvgIpc) is 2.87. The van der Waals surface area contributed by atoms with E-state index in [1.165, 1.54) is 19.2 Å². The zero-order chi connectivity index (χ0) is 25.4. The highest BCUT2D eigenvalue weighted by atomic mass is 19.4. The van der Waals surface area contributed by atoms with Gasteiger partial charge in [-0.1, -0.05) is 48.4 Å². The van der Waals surface area contributed by atoms with Gasteiger partial charge in [0.1, 0.15) is 6.61 Å². The quantitative estimate of drug-likeness (QED) is 0.430. The molecule has 5 nitrogen and oxygen atoms in total. The fourth-order valence-corrected chi connectivity index (χ4v) is 3.39. The molecule has 0 aromatic heterocycles. The van der Waals surface area contributed by atoms with E-state index in [9.17, 15) is 23.1 Å². The molecule has 0 heterocycles. The van der Waals surface area contributed by atoms with Gasteiger partial charge in [0.25, 0.3) is 5.91 Å². The molecular formula is C27H24F3NO4. The highest BCUT2D eigenvalue weighted by molar-refractivity contribution is 5.82. The van der Waals surface area contributed by atoms with Gasteiger partial charge in [-0.25, -0.2) is 0 Å². The molecule has 0 radical (unpaired) electrons. The van der Waals surface area contributed by atoms with Crippen LogP contribution >= 0.6 is 0 Å². The highest BCUT2D eigenvalue weighted by Crippen LogP contribution is 2.31. The van der Waals surface area contributed by atoms with Gasteiger partial charge in [0.15, 0.2) is 17.6 Å². The molecule has 0 spiro atoms. The predicted octanol–water partition coefficient (Wildman–Crippen LogP) is 4.79. The first-order valence-electron chi connectivity index (χ1n) is 10.7. The van der Waals surface area contributed by atoms with Crippen molar-refractivity contribution >= 4 is 5.91 Å². The number of ether oxygens (including phenoxy) is 2. The molecule has 2 N–H and O–H groups in total. The van der Waals surface area contributed by atoms with Crippen molar-refractivity contribution in [1.82, 2.24) is 5.32 Å². The van der Waals surface area contributed by atoms with Crippen LogP contribution in [0.2, 0.25) is 0 Å². The maximum Gasteiger partial charge on any atom is 0.416 e. The highest BCUT2D eigenvalue weighted by Gasteiger charge is 2.30. The van der Waals surface area contributed by atoms with Crippen LogP contribution in [0.4, 0.5) is 13.2 Å². The number of methoxy groups -OCH3 is 1. The number of benzene rings is 3. The SMILES string of the molecule is C#CCOc1ccc(CCNC(=O)C(O)c2ccc(-c3ccc(C(F)(F)F)cc3)cc2)cc1OC. The maximum absolute atomic E-state index is 12.7. The largest absolute Gasteiger partial charge is 0.493 e. The molecule has 0 aliphatic heterocycles. The number of alkyl halides is 3. The number of halogens is 3. The van der Waals surface area contributed by atoms with Gasteiger partial charge >= 0.3 is 6.18 Å². The number of hydrogen-bond acceptors (Lipinski definition) is 4. The van der Waals surface area contributed by atoms with Crippen molar-refractivity contribution in [3.63, 3.8) is 0 Å². The van der Waals surface area contributed by atoms with Gasteiger partial charge in [-0.15, -0.1) is 6.42 Å². The number of aliphatic hydroxyl groups excluding tert-OH is 1. The fraction of sp³-hybridized carbons (Fsp3) is 0.222. The van der Waals surface area contributed by atoms with E-state index < -0.39 is 23.8 Å². The Hall–Kier alpha value is -3.96. The lowest BCUT2D eigenvalue weighted by Gasteiger charge is -2.14. The van der Waals surface area contributed by atoms with Crippen molar-refractivity contribution in [3.8, 4) is 35.0 Å². The average molecular weight is 483 g/mol. The van der Waals surface area contributed by atoms with Gasteiger partial charge in [0.05, 0.1) is 12.7 Å². The molecule has 3 rings (SSSR count). The molecule has 3 aromatic carbocycles. The number of rotatable bonds is 9. The Morgan fingerprint density at radius 1 is 1.03 bits per heavy atom. The Bertz CT molecular complexity index is 1180. The second kappa shape index (κ2) is 11.4. The summed E-state index contributed by atoms with van der Waals surface area (Å²) in [6.45, 7) is 0.405. The van der Waals surface area contributed by atoms with E-state index in [-0.39, 0.29) is 13.2 Å². The minimum Gasteiger partial charge on any atom is -0.493 e. The lowest BCUT2D eigenvalue weighted by atomic mass is 10.0. The van der Waals surface area contributed by atoms with Crippen molar-refractivity contribution < 1.29 is 32.5 Å². The lowest BCUT2D eigenvalue weighted by molar-refractivity contribution is -0.137. The summed E-state index contributed by atoms with van der Waals surface area (Å²) in [5.41, 5.74) is 1.80. The first kappa shape index (κ1) is 25.7. The van der Waals surface area contributed by atoms with Crippen LogP contribution in [0.1, 0.15) is 22.8 Å². The molecular weight excluding hydrogens is 459 g/mol. The molecule has 0 aliphatic rings. The van der Waals surface area contributed by atoms with Crippen LogP contribution in [0.3, 0.4) is 0 Å². The molecule has 1 amide bonds. The van der Waals surface area contributed by atoms with E-state index in [2.05, 4.69) is 11.2 Å². The fourth-order valence-electron chi connectivity index (χ4n) is 3.39. The smallest absolute Gasteiger partial charge is 0.416 e. The Morgan fingerprint density at radius 2 is 1.66 bits per heavy atom. The summed E-state index contributed by atoms with van der Waals surface area (Å²) in [5.74, 6) is 2.87. The Morgan fingerprint density at radius 3 is 2.23 bits per heavy atom. The molecule has 0 bridgehead atoms. The monoisotopic (exact) mass is 483 g/mol. The van der Waals surface area contributed by atoms with Crippen LogP contribution in [-0.2, 0) is 17.4 Å². The van der Waals surface area contributed by atoms with E-state index >= 15 is 0 Å². The minimum atomic E-state index is -4.40. The minimum absolute atomic E-state index is 0.120. The van der Waals surface area contributed by atoms with E-state index in [4.69, 9.17) is 15.9 Å². The number of carbonyl (C=O) groups is 1. The van der Waals surface area contributed by atoms with E-state index in [1.807, 2.05) is 6.07 Å². The second-order valence-corrected chi connectivity index (χ2v) is 7.62. The predicted molar refractivity (Wildman–Crippen MR) is 126 cm³/mol. The van der Waals surface area contributed by atoms with E-state index in [1.54, 1.807) is 36.4 Å². The van der Waals surface area contributed by atoms with Gasteiger partial charge in [-0.05, 0) is 52.9 Å². The third-order valence-electron chi connectivity index (χ3n) is 5.27. The standard InChI is InChI=1S/C27H24F3NO4/c1-3-16-35-23-13-4-18(17-24(23)34-2)14-15-31-26(33)25(32)21-7-5-19(6-8-21)20-9-11-22(12-10-20)27(28,29)30/h1,4-13,17,25,32H,14-16H2,2H3,(H,31,33). The van der Waals surface area contributed by atoms with Crippen molar-refractivity contribution in [2.24, 2.45) is 0 Å². The summed E-state index contributed by atoms with van der Waals surface area (Å²) in [4.78, 5) is 12.4. The third kappa shape index (κ3) is 6.78. The first-order chi connectivity index (χ1) is 16.7. The molecule has 182 valence electrons. The van der Waals surface area contributed by atoms with Crippen LogP contribution in [0.15, 0.2) is 66.7 Å². The molecule has 0 fully saturated rings. The number of aliphatic hydroxyl groups is 1. The summed E-state index contributed by atoms with van der Waals surface area (Å²) < 4.78 is 48.9. The Kier molecular flexibility index (Phi) is 8.39. The molecule has 0 saturated carbocycles. The van der Waals surface area contributed by atoms with E-state index in [0.717, 1.165) is 17.7 Å². The van der Waals surface area contributed by atoms with Crippen LogP contribution in [-0.4, -0.2) is 31.3 Å². The summed E-state index contributed by atoms with van der Waals surface area (Å²) in [7, 11) is 1.52.